The Morgan fingerprint density at radius 2 is 1.88 bits per heavy atom. The highest BCUT2D eigenvalue weighted by atomic mass is 16.1. The SMILES string of the molecule is CC1(C)CC12CC=Cc1ccccc1C2=O. The van der Waals surface area contributed by atoms with Crippen LogP contribution in [0.15, 0.2) is 30.3 Å². The monoisotopic (exact) mass is 212 g/mol. The first-order valence-electron chi connectivity index (χ1n) is 5.87. The molecule has 0 bridgehead atoms. The topological polar surface area (TPSA) is 17.1 Å². The Balaban J connectivity index is 2.14. The van der Waals surface area contributed by atoms with Crippen LogP contribution in [0.3, 0.4) is 0 Å². The molecule has 0 radical (unpaired) electrons. The van der Waals surface area contributed by atoms with Crippen LogP contribution in [0, 0.1) is 10.8 Å². The molecular weight excluding hydrogens is 196 g/mol. The minimum atomic E-state index is -0.115. The summed E-state index contributed by atoms with van der Waals surface area (Å²) in [5, 5.41) is 0. The van der Waals surface area contributed by atoms with Crippen LogP contribution in [0.25, 0.3) is 6.08 Å². The second kappa shape index (κ2) is 2.85. The molecule has 16 heavy (non-hydrogen) atoms. The van der Waals surface area contributed by atoms with E-state index in [9.17, 15) is 4.79 Å². The first kappa shape index (κ1) is 9.83. The molecule has 0 amide bonds. The van der Waals surface area contributed by atoms with Gasteiger partial charge in [0.05, 0.1) is 0 Å². The molecule has 1 spiro atoms. The molecular formula is C15H16O. The molecule has 1 nitrogen and oxygen atoms in total. The molecule has 1 heteroatoms. The van der Waals surface area contributed by atoms with Crippen LogP contribution in [0.5, 0.6) is 0 Å². The van der Waals surface area contributed by atoms with Gasteiger partial charge in [0, 0.05) is 11.0 Å². The Hall–Kier alpha value is -1.37. The summed E-state index contributed by atoms with van der Waals surface area (Å²) in [6.07, 6.45) is 6.18. The lowest BCUT2D eigenvalue weighted by molar-refractivity contribution is 0.0872. The van der Waals surface area contributed by atoms with Crippen LogP contribution in [0.1, 0.15) is 42.6 Å². The molecule has 1 atom stereocenters. The van der Waals surface area contributed by atoms with Crippen molar-refractivity contribution in [2.45, 2.75) is 26.7 Å². The largest absolute Gasteiger partial charge is 0.294 e. The summed E-state index contributed by atoms with van der Waals surface area (Å²) in [4.78, 5) is 12.6. The Kier molecular flexibility index (Phi) is 1.75. The van der Waals surface area contributed by atoms with Crippen molar-refractivity contribution in [3.63, 3.8) is 0 Å². The summed E-state index contributed by atoms with van der Waals surface area (Å²) in [7, 11) is 0. The number of fused-ring (bicyclic) bond motifs is 1. The lowest BCUT2D eigenvalue weighted by Gasteiger charge is -2.16. The molecule has 0 N–H and O–H groups in total. The molecule has 0 heterocycles. The number of hydrogen-bond acceptors (Lipinski definition) is 1. The number of carbonyl (C=O) groups excluding carboxylic acids is 1. The van der Waals surface area contributed by atoms with Gasteiger partial charge in [-0.15, -0.1) is 0 Å². The van der Waals surface area contributed by atoms with Gasteiger partial charge in [-0.1, -0.05) is 50.3 Å². The summed E-state index contributed by atoms with van der Waals surface area (Å²) in [5.74, 6) is 0.345. The van der Waals surface area contributed by atoms with Crippen molar-refractivity contribution >= 4 is 11.9 Å². The van der Waals surface area contributed by atoms with Crippen molar-refractivity contribution in [3.05, 3.63) is 41.5 Å². The normalized spacial score (nSPS) is 30.0. The first-order valence-corrected chi connectivity index (χ1v) is 5.87. The Bertz CT molecular complexity index is 496. The summed E-state index contributed by atoms with van der Waals surface area (Å²) in [6, 6.07) is 7.94. The van der Waals surface area contributed by atoms with Gasteiger partial charge >= 0.3 is 0 Å². The number of ketones is 1. The summed E-state index contributed by atoms with van der Waals surface area (Å²) in [5.41, 5.74) is 2.04. The van der Waals surface area contributed by atoms with Gasteiger partial charge in [0.15, 0.2) is 5.78 Å². The van der Waals surface area contributed by atoms with E-state index in [1.54, 1.807) is 0 Å². The summed E-state index contributed by atoms with van der Waals surface area (Å²) >= 11 is 0. The van der Waals surface area contributed by atoms with E-state index in [4.69, 9.17) is 0 Å². The van der Waals surface area contributed by atoms with Crippen molar-refractivity contribution in [1.82, 2.24) is 0 Å². The number of benzene rings is 1. The van der Waals surface area contributed by atoms with E-state index in [1.807, 2.05) is 24.3 Å². The molecule has 1 unspecified atom stereocenters. The quantitative estimate of drug-likeness (QED) is 0.640. The van der Waals surface area contributed by atoms with Crippen LogP contribution < -0.4 is 0 Å². The highest BCUT2D eigenvalue weighted by molar-refractivity contribution is 6.06. The minimum Gasteiger partial charge on any atom is -0.294 e. The van der Waals surface area contributed by atoms with Crippen molar-refractivity contribution in [2.75, 3.05) is 0 Å². The molecule has 1 aromatic rings. The molecule has 0 aromatic heterocycles. The lowest BCUT2D eigenvalue weighted by atomic mass is 9.85. The van der Waals surface area contributed by atoms with Crippen LogP contribution in [-0.2, 0) is 0 Å². The molecule has 0 saturated heterocycles. The van der Waals surface area contributed by atoms with E-state index < -0.39 is 0 Å². The molecule has 2 aliphatic carbocycles. The predicted molar refractivity (Wildman–Crippen MR) is 65.3 cm³/mol. The maximum atomic E-state index is 12.6. The first-order chi connectivity index (χ1) is 7.57. The van der Waals surface area contributed by atoms with Gasteiger partial charge in [-0.3, -0.25) is 4.79 Å². The Morgan fingerprint density at radius 3 is 2.56 bits per heavy atom. The average Bonchev–Trinajstić information content (AvgIpc) is 2.85. The third-order valence-electron chi connectivity index (χ3n) is 4.32. The van der Waals surface area contributed by atoms with Crippen LogP contribution >= 0.6 is 0 Å². The van der Waals surface area contributed by atoms with Crippen molar-refractivity contribution in [2.24, 2.45) is 10.8 Å². The number of hydrogen-bond donors (Lipinski definition) is 0. The smallest absolute Gasteiger partial charge is 0.170 e. The fourth-order valence-electron chi connectivity index (χ4n) is 3.03. The van der Waals surface area contributed by atoms with Crippen LogP contribution in [0.2, 0.25) is 0 Å². The highest BCUT2D eigenvalue weighted by Gasteiger charge is 2.65. The molecule has 3 rings (SSSR count). The molecule has 1 fully saturated rings. The zero-order valence-electron chi connectivity index (χ0n) is 9.79. The van der Waals surface area contributed by atoms with Gasteiger partial charge in [0.25, 0.3) is 0 Å². The van der Waals surface area contributed by atoms with Gasteiger partial charge in [-0.2, -0.15) is 0 Å². The third-order valence-corrected chi connectivity index (χ3v) is 4.32. The maximum absolute atomic E-state index is 12.6. The van der Waals surface area contributed by atoms with E-state index in [0.29, 0.717) is 5.78 Å². The fraction of sp³-hybridized carbons (Fsp3) is 0.400. The molecule has 2 aliphatic rings. The van der Waals surface area contributed by atoms with Gasteiger partial charge in [0.1, 0.15) is 0 Å². The van der Waals surface area contributed by atoms with E-state index in [0.717, 1.165) is 24.0 Å². The molecule has 0 aliphatic heterocycles. The van der Waals surface area contributed by atoms with E-state index >= 15 is 0 Å². The zero-order valence-corrected chi connectivity index (χ0v) is 9.79. The van der Waals surface area contributed by atoms with Gasteiger partial charge in [-0.25, -0.2) is 0 Å². The fourth-order valence-corrected chi connectivity index (χ4v) is 3.03. The van der Waals surface area contributed by atoms with Gasteiger partial charge in [0.2, 0.25) is 0 Å². The molecule has 1 saturated carbocycles. The summed E-state index contributed by atoms with van der Waals surface area (Å²) < 4.78 is 0. The van der Waals surface area contributed by atoms with Crippen LogP contribution in [-0.4, -0.2) is 5.78 Å². The second-order valence-electron chi connectivity index (χ2n) is 5.67. The Morgan fingerprint density at radius 1 is 1.19 bits per heavy atom. The second-order valence-corrected chi connectivity index (χ2v) is 5.67. The zero-order chi connectivity index (χ0) is 11.4. The Labute approximate surface area is 96.2 Å². The number of allylic oxidation sites excluding steroid dienone is 1. The van der Waals surface area contributed by atoms with E-state index in [-0.39, 0.29) is 10.8 Å². The number of Topliss-reactive ketones (excluding diaryl/α,β-unsaturated/α-hetero) is 1. The van der Waals surface area contributed by atoms with E-state index in [1.165, 1.54) is 0 Å². The van der Waals surface area contributed by atoms with Crippen molar-refractivity contribution in [1.29, 1.82) is 0 Å². The predicted octanol–water partition coefficient (Wildman–Crippen LogP) is 3.70. The van der Waals surface area contributed by atoms with Gasteiger partial charge in [-0.05, 0) is 23.8 Å². The van der Waals surface area contributed by atoms with E-state index in [2.05, 4.69) is 26.0 Å². The summed E-state index contributed by atoms with van der Waals surface area (Å²) in [6.45, 7) is 4.40. The maximum Gasteiger partial charge on any atom is 0.170 e. The number of rotatable bonds is 0. The van der Waals surface area contributed by atoms with Crippen LogP contribution in [0.4, 0.5) is 0 Å². The average molecular weight is 212 g/mol. The minimum absolute atomic E-state index is 0.115. The van der Waals surface area contributed by atoms with Gasteiger partial charge < -0.3 is 0 Å². The van der Waals surface area contributed by atoms with Crippen molar-refractivity contribution < 1.29 is 4.79 Å². The lowest BCUT2D eigenvalue weighted by Crippen LogP contribution is -2.20. The number of carbonyl (C=O) groups is 1. The third kappa shape index (κ3) is 1.09. The van der Waals surface area contributed by atoms with Crippen molar-refractivity contribution in [3.8, 4) is 0 Å². The highest BCUT2D eigenvalue weighted by Crippen LogP contribution is 2.67. The molecule has 82 valence electrons. The molecule has 1 aromatic carbocycles. The standard InChI is InChI=1S/C15H16O/c1-14(2)10-15(14)9-5-7-11-6-3-4-8-12(11)13(15)16/h3-8H,9-10H2,1-2H3.